The molecule has 0 amide bonds. The fraction of sp³-hybridized carbons (Fsp3) is 0.769. The molecule has 0 unspecified atom stereocenters. The van der Waals surface area contributed by atoms with Crippen LogP contribution >= 0.6 is 0 Å². The molecule has 3 aliphatic carbocycles. The molecule has 0 aromatic heterocycles. The van der Waals surface area contributed by atoms with Gasteiger partial charge in [0.25, 0.3) is 0 Å². The normalized spacial score (nSPS) is 41.9. The highest BCUT2D eigenvalue weighted by molar-refractivity contribution is 5.38. The van der Waals surface area contributed by atoms with E-state index in [1.165, 1.54) is 38.6 Å². The minimum Gasteiger partial charge on any atom is -0.393 e. The summed E-state index contributed by atoms with van der Waals surface area (Å²) < 4.78 is 5.53. The van der Waals surface area contributed by atoms with Gasteiger partial charge in [0.15, 0.2) is 0 Å². The molecule has 6 atom stereocenters. The average molecular weight is 416 g/mol. The molecule has 0 spiro atoms. The van der Waals surface area contributed by atoms with E-state index in [9.17, 15) is 10.2 Å². The first-order chi connectivity index (χ1) is 14.4. The zero-order valence-corrected chi connectivity index (χ0v) is 19.0. The Kier molecular flexibility index (Phi) is 6.88. The number of allylic oxidation sites excluding steroid dienone is 3. The second kappa shape index (κ2) is 9.28. The third-order valence-corrected chi connectivity index (χ3v) is 8.64. The summed E-state index contributed by atoms with van der Waals surface area (Å²) in [4.78, 5) is 2.60. The smallest absolute Gasteiger partial charge is 0.0811 e. The van der Waals surface area contributed by atoms with Gasteiger partial charge >= 0.3 is 0 Å². The van der Waals surface area contributed by atoms with Gasteiger partial charge in [0.05, 0.1) is 25.4 Å². The molecule has 1 saturated heterocycles. The van der Waals surface area contributed by atoms with E-state index in [0.29, 0.717) is 24.2 Å². The van der Waals surface area contributed by atoms with E-state index in [0.717, 1.165) is 49.3 Å². The van der Waals surface area contributed by atoms with E-state index >= 15 is 0 Å². The van der Waals surface area contributed by atoms with Crippen molar-refractivity contribution in [1.29, 1.82) is 0 Å². The third kappa shape index (κ3) is 4.48. The van der Waals surface area contributed by atoms with Gasteiger partial charge in [-0.2, -0.15) is 0 Å². The van der Waals surface area contributed by atoms with Gasteiger partial charge in [-0.3, -0.25) is 4.90 Å². The van der Waals surface area contributed by atoms with Crippen molar-refractivity contribution in [3.63, 3.8) is 0 Å². The van der Waals surface area contributed by atoms with Crippen LogP contribution in [-0.2, 0) is 4.74 Å². The first-order valence-electron chi connectivity index (χ1n) is 12.1. The number of morpholine rings is 1. The van der Waals surface area contributed by atoms with E-state index in [4.69, 9.17) is 4.74 Å². The van der Waals surface area contributed by atoms with Crippen LogP contribution in [0.4, 0.5) is 0 Å². The highest BCUT2D eigenvalue weighted by atomic mass is 16.5. The van der Waals surface area contributed by atoms with Crippen LogP contribution in [0.3, 0.4) is 0 Å². The van der Waals surface area contributed by atoms with Gasteiger partial charge in [-0.25, -0.2) is 0 Å². The van der Waals surface area contributed by atoms with Crippen LogP contribution in [0.5, 0.6) is 0 Å². The second-order valence-corrected chi connectivity index (χ2v) is 10.6. The Hall–Kier alpha value is -0.940. The molecule has 0 bridgehead atoms. The van der Waals surface area contributed by atoms with Crippen molar-refractivity contribution in [3.8, 4) is 0 Å². The molecule has 0 aromatic carbocycles. The molecule has 1 heterocycles. The summed E-state index contributed by atoms with van der Waals surface area (Å²) in [5.41, 5.74) is 3.80. The number of aliphatic hydroxyl groups excluding tert-OH is 2. The van der Waals surface area contributed by atoms with E-state index in [1.54, 1.807) is 5.57 Å². The van der Waals surface area contributed by atoms with Crippen molar-refractivity contribution in [3.05, 3.63) is 35.5 Å². The number of aliphatic hydroxyl groups is 2. The van der Waals surface area contributed by atoms with Gasteiger partial charge in [-0.05, 0) is 72.8 Å². The lowest BCUT2D eigenvalue weighted by atomic mass is 9.61. The van der Waals surface area contributed by atoms with Crippen molar-refractivity contribution >= 4 is 0 Å². The zero-order valence-electron chi connectivity index (χ0n) is 19.0. The molecule has 4 rings (SSSR count). The van der Waals surface area contributed by atoms with Crippen LogP contribution in [0.15, 0.2) is 35.5 Å². The van der Waals surface area contributed by atoms with Crippen molar-refractivity contribution in [2.75, 3.05) is 32.8 Å². The number of fused-ring (bicyclic) bond motifs is 1. The van der Waals surface area contributed by atoms with Gasteiger partial charge in [0.1, 0.15) is 0 Å². The molecule has 168 valence electrons. The monoisotopic (exact) mass is 415 g/mol. The standard InChI is InChI=1S/C26H41NO3/c1-18(17-27-11-13-30-14-12-27)23-8-9-24-20(5-4-10-26(23,24)3)6-7-21-15-22(28)16-25(29)19(21)2/h6-7,18,22-25,28-29H,2,4-5,8-17H2,1,3H3/b20-6+,21-7-/t18-,22-,23-,24+,25+,26-/m1/s1. The minimum atomic E-state index is -0.605. The Bertz CT molecular complexity index is 692. The van der Waals surface area contributed by atoms with Crippen LogP contribution in [0.1, 0.15) is 58.8 Å². The molecule has 2 N–H and O–H groups in total. The fourth-order valence-electron chi connectivity index (χ4n) is 7.00. The number of nitrogens with zero attached hydrogens (tertiary/aromatic N) is 1. The highest BCUT2D eigenvalue weighted by Crippen LogP contribution is 2.59. The van der Waals surface area contributed by atoms with Crippen LogP contribution < -0.4 is 0 Å². The van der Waals surface area contributed by atoms with Gasteiger partial charge in [-0.15, -0.1) is 0 Å². The van der Waals surface area contributed by atoms with Crippen molar-refractivity contribution in [1.82, 2.24) is 4.90 Å². The van der Waals surface area contributed by atoms with Crippen LogP contribution in [0.25, 0.3) is 0 Å². The average Bonchev–Trinajstić information content (AvgIpc) is 3.08. The minimum absolute atomic E-state index is 0.400. The summed E-state index contributed by atoms with van der Waals surface area (Å²) in [5, 5.41) is 20.2. The van der Waals surface area contributed by atoms with E-state index in [2.05, 4.69) is 37.5 Å². The summed E-state index contributed by atoms with van der Waals surface area (Å²) in [7, 11) is 0. The van der Waals surface area contributed by atoms with Crippen LogP contribution in [-0.4, -0.2) is 60.2 Å². The molecule has 30 heavy (non-hydrogen) atoms. The Morgan fingerprint density at radius 2 is 2.00 bits per heavy atom. The molecule has 4 aliphatic rings. The number of hydrogen-bond donors (Lipinski definition) is 2. The molecule has 3 saturated carbocycles. The van der Waals surface area contributed by atoms with Crippen molar-refractivity contribution in [2.24, 2.45) is 23.2 Å². The summed E-state index contributed by atoms with van der Waals surface area (Å²) >= 11 is 0. The third-order valence-electron chi connectivity index (χ3n) is 8.64. The Labute approximate surface area is 182 Å². The molecule has 4 nitrogen and oxygen atoms in total. The van der Waals surface area contributed by atoms with Crippen molar-refractivity contribution in [2.45, 2.75) is 71.0 Å². The molecule has 4 heteroatoms. The molecule has 0 aromatic rings. The lowest BCUT2D eigenvalue weighted by Gasteiger charge is -2.45. The van der Waals surface area contributed by atoms with Crippen molar-refractivity contribution < 1.29 is 14.9 Å². The summed E-state index contributed by atoms with van der Waals surface area (Å²) in [6.45, 7) is 14.2. The molecule has 1 aliphatic heterocycles. The van der Waals surface area contributed by atoms with E-state index in [-0.39, 0.29) is 0 Å². The maximum absolute atomic E-state index is 10.1. The predicted molar refractivity (Wildman–Crippen MR) is 121 cm³/mol. The largest absolute Gasteiger partial charge is 0.393 e. The second-order valence-electron chi connectivity index (χ2n) is 10.6. The zero-order chi connectivity index (χ0) is 21.3. The van der Waals surface area contributed by atoms with Gasteiger partial charge in [-0.1, -0.05) is 38.2 Å². The lowest BCUT2D eigenvalue weighted by molar-refractivity contribution is 0.0155. The number of hydrogen-bond acceptors (Lipinski definition) is 4. The Balaban J connectivity index is 1.47. The topological polar surface area (TPSA) is 52.9 Å². The first-order valence-corrected chi connectivity index (χ1v) is 12.1. The Morgan fingerprint density at radius 3 is 2.77 bits per heavy atom. The fourth-order valence-corrected chi connectivity index (χ4v) is 7.00. The van der Waals surface area contributed by atoms with Gasteiger partial charge in [0, 0.05) is 26.1 Å². The Morgan fingerprint density at radius 1 is 1.23 bits per heavy atom. The number of rotatable bonds is 4. The van der Waals surface area contributed by atoms with Crippen LogP contribution in [0, 0.1) is 23.2 Å². The predicted octanol–water partition coefficient (Wildman–Crippen LogP) is 4.10. The summed E-state index contributed by atoms with van der Waals surface area (Å²) in [6, 6.07) is 0. The summed E-state index contributed by atoms with van der Waals surface area (Å²) in [6.07, 6.45) is 10.9. The van der Waals surface area contributed by atoms with Gasteiger partial charge < -0.3 is 14.9 Å². The SMILES string of the molecule is C=C1/C(=C\C=C2/CCC[C@]3(C)[C@@H]([C@H](C)CN4CCOCC4)CC[C@@H]23)C[C@@H](O)C[C@@H]1O. The molecule has 0 radical (unpaired) electrons. The molecular formula is C26H41NO3. The highest BCUT2D eigenvalue weighted by Gasteiger charge is 2.50. The molecular weight excluding hydrogens is 374 g/mol. The molecule has 4 fully saturated rings. The summed E-state index contributed by atoms with van der Waals surface area (Å²) in [5.74, 6) is 2.18. The van der Waals surface area contributed by atoms with E-state index in [1.807, 2.05) is 0 Å². The van der Waals surface area contributed by atoms with Gasteiger partial charge in [0.2, 0.25) is 0 Å². The van der Waals surface area contributed by atoms with Crippen LogP contribution in [0.2, 0.25) is 0 Å². The first kappa shape index (κ1) is 22.3. The maximum Gasteiger partial charge on any atom is 0.0811 e. The number of ether oxygens (including phenoxy) is 1. The maximum atomic E-state index is 10.1. The quantitative estimate of drug-likeness (QED) is 0.726. The van der Waals surface area contributed by atoms with E-state index < -0.39 is 12.2 Å². The lowest BCUT2D eigenvalue weighted by Crippen LogP contribution is -2.43.